The van der Waals surface area contributed by atoms with Crippen LogP contribution in [-0.4, -0.2) is 41.0 Å². The fourth-order valence-corrected chi connectivity index (χ4v) is 5.36. The lowest BCUT2D eigenvalue weighted by Gasteiger charge is -2.18. The molecule has 0 rings (SSSR count). The number of phosphoric acid groups is 1. The molecular formula is C40H69O8P. The Hall–Kier alpha value is -2.25. The molecule has 49 heavy (non-hydrogen) atoms. The number of ether oxygens (including phenoxy) is 2. The topological polar surface area (TPSA) is 119 Å². The Morgan fingerprint density at radius 3 is 1.45 bits per heavy atom. The fraction of sp³-hybridized carbons (Fsp3) is 0.700. The van der Waals surface area contributed by atoms with Crippen LogP contribution in [0.4, 0.5) is 0 Å². The van der Waals surface area contributed by atoms with Crippen LogP contribution in [0, 0.1) is 0 Å². The number of carbonyl (C=O) groups is 2. The number of unbranched alkanes of at least 4 members (excludes halogenated alkanes) is 14. The lowest BCUT2D eigenvalue weighted by atomic mass is 10.0. The predicted molar refractivity (Wildman–Crippen MR) is 202 cm³/mol. The van der Waals surface area contributed by atoms with Gasteiger partial charge in [-0.05, 0) is 51.4 Å². The van der Waals surface area contributed by atoms with E-state index >= 15 is 0 Å². The maximum Gasteiger partial charge on any atom is 0.469 e. The standard InChI is InChI=1S/C40H69O8P/c1-3-5-7-9-11-13-15-17-19-20-21-23-25-27-29-31-33-35-40(42)48-38(37-47-49(43,44)45)36-46-39(41)34-32-30-28-26-24-22-18-16-14-12-10-8-6-4-2/h5,7,11,13,17,19,21,23,27,29,38H,3-4,6,8-10,12,14-16,18,20,22,24-26,28,30-37H2,1-2H3,(H2,43,44,45)/b7-5+,13-11+,19-17+,23-21+,29-27+/t38-/m1/s1. The van der Waals surface area contributed by atoms with Gasteiger partial charge in [-0.2, -0.15) is 0 Å². The van der Waals surface area contributed by atoms with Gasteiger partial charge in [-0.1, -0.05) is 158 Å². The summed E-state index contributed by atoms with van der Waals surface area (Å²) in [5.74, 6) is -0.954. The highest BCUT2D eigenvalue weighted by Gasteiger charge is 2.22. The van der Waals surface area contributed by atoms with E-state index in [-0.39, 0.29) is 19.4 Å². The summed E-state index contributed by atoms with van der Waals surface area (Å²) >= 11 is 0. The summed E-state index contributed by atoms with van der Waals surface area (Å²) in [4.78, 5) is 42.7. The Morgan fingerprint density at radius 2 is 0.980 bits per heavy atom. The van der Waals surface area contributed by atoms with E-state index in [1.54, 1.807) is 0 Å². The first-order chi connectivity index (χ1) is 23.8. The van der Waals surface area contributed by atoms with Crippen molar-refractivity contribution in [2.45, 2.75) is 168 Å². The van der Waals surface area contributed by atoms with Gasteiger partial charge in [0.05, 0.1) is 6.61 Å². The summed E-state index contributed by atoms with van der Waals surface area (Å²) in [5, 5.41) is 0. The molecule has 0 aromatic carbocycles. The summed E-state index contributed by atoms with van der Waals surface area (Å²) < 4.78 is 26.3. The largest absolute Gasteiger partial charge is 0.469 e. The van der Waals surface area contributed by atoms with Crippen LogP contribution in [0.3, 0.4) is 0 Å². The minimum absolute atomic E-state index is 0.133. The first-order valence-electron chi connectivity index (χ1n) is 19.1. The third-order valence-corrected chi connectivity index (χ3v) is 8.29. The Labute approximate surface area is 298 Å². The van der Waals surface area contributed by atoms with Gasteiger partial charge in [-0.3, -0.25) is 14.1 Å². The Morgan fingerprint density at radius 1 is 0.551 bits per heavy atom. The number of carbonyl (C=O) groups excluding carboxylic acids is 2. The van der Waals surface area contributed by atoms with Crippen LogP contribution in [0.2, 0.25) is 0 Å². The van der Waals surface area contributed by atoms with Gasteiger partial charge in [0, 0.05) is 12.8 Å². The van der Waals surface area contributed by atoms with E-state index in [4.69, 9.17) is 19.3 Å². The molecule has 0 aromatic rings. The number of hydrogen-bond acceptors (Lipinski definition) is 6. The zero-order valence-electron chi connectivity index (χ0n) is 30.8. The van der Waals surface area contributed by atoms with E-state index in [0.29, 0.717) is 12.8 Å². The van der Waals surface area contributed by atoms with Crippen molar-refractivity contribution in [3.05, 3.63) is 60.8 Å². The lowest BCUT2D eigenvalue weighted by Crippen LogP contribution is -2.29. The van der Waals surface area contributed by atoms with Gasteiger partial charge in [0.2, 0.25) is 0 Å². The van der Waals surface area contributed by atoms with E-state index in [2.05, 4.69) is 67.0 Å². The zero-order chi connectivity index (χ0) is 36.1. The van der Waals surface area contributed by atoms with Gasteiger partial charge >= 0.3 is 19.8 Å². The second-order valence-corrected chi connectivity index (χ2v) is 13.8. The SMILES string of the molecule is CC/C=C/C/C=C/C/C=C/C/C=C/C/C=C/CCCC(=O)O[C@H](COC(=O)CCCCCCCCCCCCCCCC)COP(=O)(O)O. The number of hydrogen-bond donors (Lipinski definition) is 2. The Balaban J connectivity index is 4.07. The average molecular weight is 709 g/mol. The molecule has 2 N–H and O–H groups in total. The van der Waals surface area contributed by atoms with Crippen LogP contribution in [0.25, 0.3) is 0 Å². The molecule has 0 aliphatic heterocycles. The van der Waals surface area contributed by atoms with Gasteiger partial charge in [0.15, 0.2) is 6.10 Å². The van der Waals surface area contributed by atoms with Crippen molar-refractivity contribution in [1.29, 1.82) is 0 Å². The number of esters is 2. The molecule has 0 spiro atoms. The molecule has 1 atom stereocenters. The average Bonchev–Trinajstić information content (AvgIpc) is 3.07. The molecule has 0 radical (unpaired) electrons. The molecule has 0 fully saturated rings. The van der Waals surface area contributed by atoms with Crippen LogP contribution >= 0.6 is 7.82 Å². The van der Waals surface area contributed by atoms with Crippen molar-refractivity contribution in [3.8, 4) is 0 Å². The number of phosphoric ester groups is 1. The minimum Gasteiger partial charge on any atom is -0.462 e. The van der Waals surface area contributed by atoms with Gasteiger partial charge in [0.1, 0.15) is 6.61 Å². The maximum absolute atomic E-state index is 12.3. The highest BCUT2D eigenvalue weighted by molar-refractivity contribution is 7.46. The van der Waals surface area contributed by atoms with Crippen molar-refractivity contribution in [1.82, 2.24) is 0 Å². The molecular weight excluding hydrogens is 639 g/mol. The van der Waals surface area contributed by atoms with Gasteiger partial charge < -0.3 is 19.3 Å². The highest BCUT2D eigenvalue weighted by Crippen LogP contribution is 2.36. The van der Waals surface area contributed by atoms with Crippen LogP contribution in [-0.2, 0) is 28.2 Å². The van der Waals surface area contributed by atoms with Crippen molar-refractivity contribution < 1.29 is 37.9 Å². The lowest BCUT2D eigenvalue weighted by molar-refractivity contribution is -0.161. The van der Waals surface area contributed by atoms with E-state index in [1.807, 2.05) is 12.2 Å². The molecule has 282 valence electrons. The van der Waals surface area contributed by atoms with Gasteiger partial charge in [0.25, 0.3) is 0 Å². The van der Waals surface area contributed by atoms with Crippen molar-refractivity contribution in [2.24, 2.45) is 0 Å². The van der Waals surface area contributed by atoms with Crippen molar-refractivity contribution >= 4 is 19.8 Å². The molecule has 0 unspecified atom stereocenters. The first-order valence-corrected chi connectivity index (χ1v) is 20.6. The molecule has 0 aliphatic carbocycles. The molecule has 0 heterocycles. The third kappa shape index (κ3) is 38.4. The molecule has 0 amide bonds. The first kappa shape index (κ1) is 46.8. The van der Waals surface area contributed by atoms with E-state index in [1.165, 1.54) is 70.6 Å². The second-order valence-electron chi connectivity index (χ2n) is 12.5. The second kappa shape index (κ2) is 35.6. The highest BCUT2D eigenvalue weighted by atomic mass is 31.2. The van der Waals surface area contributed by atoms with Crippen LogP contribution in [0.15, 0.2) is 60.8 Å². The Bertz CT molecular complexity index is 979. The monoisotopic (exact) mass is 708 g/mol. The van der Waals surface area contributed by atoms with Crippen LogP contribution < -0.4 is 0 Å². The van der Waals surface area contributed by atoms with Crippen molar-refractivity contribution in [2.75, 3.05) is 13.2 Å². The summed E-state index contributed by atoms with van der Waals surface area (Å²) in [5.41, 5.74) is 0. The zero-order valence-corrected chi connectivity index (χ0v) is 31.7. The van der Waals surface area contributed by atoms with Gasteiger partial charge in [-0.25, -0.2) is 4.57 Å². The van der Waals surface area contributed by atoms with Crippen LogP contribution in [0.1, 0.15) is 162 Å². The maximum atomic E-state index is 12.3. The fourth-order valence-electron chi connectivity index (χ4n) is 5.00. The van der Waals surface area contributed by atoms with Crippen LogP contribution in [0.5, 0.6) is 0 Å². The summed E-state index contributed by atoms with van der Waals surface area (Å²) in [6.45, 7) is 3.51. The molecule has 0 aromatic heterocycles. The molecule has 0 saturated carbocycles. The summed E-state index contributed by atoms with van der Waals surface area (Å²) in [6, 6.07) is 0. The molecule has 0 saturated heterocycles. The molecule has 9 heteroatoms. The van der Waals surface area contributed by atoms with Gasteiger partial charge in [-0.15, -0.1) is 0 Å². The number of allylic oxidation sites excluding steroid dienone is 10. The normalized spacial score (nSPS) is 13.1. The summed E-state index contributed by atoms with van der Waals surface area (Å²) in [6.07, 6.45) is 43.7. The van der Waals surface area contributed by atoms with E-state index in [0.717, 1.165) is 51.4 Å². The minimum atomic E-state index is -4.77. The van der Waals surface area contributed by atoms with Crippen molar-refractivity contribution in [3.63, 3.8) is 0 Å². The van der Waals surface area contributed by atoms with E-state index in [9.17, 15) is 14.2 Å². The third-order valence-electron chi connectivity index (χ3n) is 7.80. The smallest absolute Gasteiger partial charge is 0.462 e. The van der Waals surface area contributed by atoms with E-state index < -0.39 is 32.5 Å². The quantitative estimate of drug-likeness (QED) is 0.0293. The number of rotatable bonds is 34. The molecule has 0 aliphatic rings. The summed E-state index contributed by atoms with van der Waals surface area (Å²) in [7, 11) is -4.77. The predicted octanol–water partition coefficient (Wildman–Crippen LogP) is 11.3. The molecule has 0 bridgehead atoms. The molecule has 8 nitrogen and oxygen atoms in total. The Kier molecular flexibility index (Phi) is 33.9.